The highest BCUT2D eigenvalue weighted by molar-refractivity contribution is 9.10. The van der Waals surface area contributed by atoms with Crippen molar-refractivity contribution in [3.8, 4) is 23.0 Å². The Morgan fingerprint density at radius 1 is 1.05 bits per heavy atom. The molecule has 0 N–H and O–H groups in total. The fourth-order valence-electron chi connectivity index (χ4n) is 4.30. The number of aromatic nitrogens is 1. The number of hydrogen-bond acceptors (Lipinski definition) is 9. The number of carbonyl (C=O) groups is 1. The van der Waals surface area contributed by atoms with Gasteiger partial charge in [0, 0.05) is 0 Å². The van der Waals surface area contributed by atoms with Crippen molar-refractivity contribution >= 4 is 39.3 Å². The monoisotopic (exact) mass is 602 g/mol. The second kappa shape index (κ2) is 11.4. The number of thiazole rings is 1. The maximum absolute atomic E-state index is 13.9. The van der Waals surface area contributed by atoms with E-state index in [0.29, 0.717) is 59.2 Å². The predicted molar refractivity (Wildman–Crippen MR) is 147 cm³/mol. The Morgan fingerprint density at radius 2 is 1.71 bits per heavy atom. The van der Waals surface area contributed by atoms with Gasteiger partial charge in [0.2, 0.25) is 5.75 Å². The maximum Gasteiger partial charge on any atom is 0.338 e. The molecule has 2 heterocycles. The third-order valence-corrected chi connectivity index (χ3v) is 7.60. The van der Waals surface area contributed by atoms with Crippen molar-refractivity contribution in [2.45, 2.75) is 19.9 Å². The molecule has 3 aromatic rings. The molecule has 0 spiro atoms. The van der Waals surface area contributed by atoms with Crippen LogP contribution < -0.4 is 33.8 Å². The average Bonchev–Trinajstić information content (AvgIpc) is 3.21. The number of rotatable bonds is 8. The molecule has 0 aliphatic carbocycles. The number of benzene rings is 2. The van der Waals surface area contributed by atoms with Crippen LogP contribution >= 0.6 is 27.3 Å². The number of allylic oxidation sites excluding steroid dienone is 1. The van der Waals surface area contributed by atoms with Gasteiger partial charge in [0.05, 0.1) is 61.4 Å². The molecule has 0 bridgehead atoms. The fraction of sp³-hybridized carbons (Fsp3) is 0.296. The summed E-state index contributed by atoms with van der Waals surface area (Å²) in [5, 5.41) is 0. The molecule has 4 rings (SSSR count). The highest BCUT2D eigenvalue weighted by Gasteiger charge is 2.33. The van der Waals surface area contributed by atoms with Gasteiger partial charge >= 0.3 is 5.97 Å². The van der Waals surface area contributed by atoms with Crippen LogP contribution in [0.5, 0.6) is 23.0 Å². The second-order valence-electron chi connectivity index (χ2n) is 8.15. The minimum atomic E-state index is -0.741. The Bertz CT molecular complexity index is 1580. The van der Waals surface area contributed by atoms with E-state index in [-0.39, 0.29) is 12.2 Å². The van der Waals surface area contributed by atoms with E-state index < -0.39 is 12.0 Å². The van der Waals surface area contributed by atoms with Crippen molar-refractivity contribution < 1.29 is 28.5 Å². The molecule has 2 aromatic carbocycles. The molecule has 0 radical (unpaired) electrons. The highest BCUT2D eigenvalue weighted by Crippen LogP contribution is 2.38. The number of hydrogen-bond donors (Lipinski definition) is 0. The summed E-state index contributed by atoms with van der Waals surface area (Å²) in [4.78, 5) is 32.0. The molecule has 0 saturated carbocycles. The Labute approximate surface area is 231 Å². The number of halogens is 1. The minimum absolute atomic E-state index is 0.195. The normalized spacial score (nSPS) is 15.0. The number of fused-ring (bicyclic) bond motifs is 1. The first kappa shape index (κ1) is 27.5. The summed E-state index contributed by atoms with van der Waals surface area (Å²) in [6.07, 6.45) is 1.73. The van der Waals surface area contributed by atoms with Crippen molar-refractivity contribution in [1.29, 1.82) is 0 Å². The Hall–Kier alpha value is -3.57. The number of esters is 1. The first-order valence-corrected chi connectivity index (χ1v) is 13.2. The summed E-state index contributed by atoms with van der Waals surface area (Å²) in [5.74, 6) is 1.49. The van der Waals surface area contributed by atoms with Crippen molar-refractivity contribution in [3.05, 3.63) is 76.9 Å². The van der Waals surface area contributed by atoms with Gasteiger partial charge < -0.3 is 23.7 Å². The van der Waals surface area contributed by atoms with Crippen LogP contribution in [0, 0.1) is 0 Å². The van der Waals surface area contributed by atoms with Gasteiger partial charge in [-0.1, -0.05) is 17.4 Å². The van der Waals surface area contributed by atoms with Crippen LogP contribution in [0.25, 0.3) is 6.08 Å². The molecule has 11 heteroatoms. The fourth-order valence-corrected chi connectivity index (χ4v) is 5.90. The summed E-state index contributed by atoms with van der Waals surface area (Å²) in [7, 11) is 6.16. The van der Waals surface area contributed by atoms with Gasteiger partial charge in [-0.05, 0) is 71.2 Å². The number of methoxy groups -OCH3 is 4. The summed E-state index contributed by atoms with van der Waals surface area (Å²) in [5.41, 5.74) is 1.87. The van der Waals surface area contributed by atoms with Crippen molar-refractivity contribution in [2.75, 3.05) is 35.0 Å². The van der Waals surface area contributed by atoms with E-state index in [0.717, 1.165) is 0 Å². The molecule has 0 saturated heterocycles. The highest BCUT2D eigenvalue weighted by atomic mass is 79.9. The maximum atomic E-state index is 13.9. The van der Waals surface area contributed by atoms with E-state index in [1.54, 1.807) is 45.2 Å². The van der Waals surface area contributed by atoms with Crippen molar-refractivity contribution in [3.63, 3.8) is 0 Å². The molecule has 0 unspecified atom stereocenters. The third kappa shape index (κ3) is 4.95. The summed E-state index contributed by atoms with van der Waals surface area (Å²) in [6, 6.07) is 8.21. The van der Waals surface area contributed by atoms with Gasteiger partial charge in [-0.15, -0.1) is 0 Å². The lowest BCUT2D eigenvalue weighted by Gasteiger charge is -2.25. The summed E-state index contributed by atoms with van der Waals surface area (Å²) in [6.45, 7) is 3.67. The van der Waals surface area contributed by atoms with Gasteiger partial charge in [-0.25, -0.2) is 9.79 Å². The van der Waals surface area contributed by atoms with Gasteiger partial charge in [0.25, 0.3) is 5.56 Å². The quantitative estimate of drug-likeness (QED) is 0.363. The lowest BCUT2D eigenvalue weighted by molar-refractivity contribution is -0.139. The van der Waals surface area contributed by atoms with Crippen LogP contribution in [0.1, 0.15) is 31.0 Å². The van der Waals surface area contributed by atoms with Gasteiger partial charge in [0.1, 0.15) is 5.75 Å². The molecule has 200 valence electrons. The van der Waals surface area contributed by atoms with Gasteiger partial charge in [-0.2, -0.15) is 0 Å². The van der Waals surface area contributed by atoms with Crippen LogP contribution in [0.15, 0.2) is 55.9 Å². The van der Waals surface area contributed by atoms with Crippen LogP contribution in [-0.4, -0.2) is 45.6 Å². The van der Waals surface area contributed by atoms with Crippen LogP contribution in [0.3, 0.4) is 0 Å². The number of ether oxygens (including phenoxy) is 5. The molecule has 0 amide bonds. The number of nitrogens with zero attached hydrogens (tertiary/aromatic N) is 2. The predicted octanol–water partition coefficient (Wildman–Crippen LogP) is 3.60. The molecule has 1 aliphatic heterocycles. The lowest BCUT2D eigenvalue weighted by Crippen LogP contribution is -2.40. The Balaban J connectivity index is 1.96. The molecule has 9 nitrogen and oxygen atoms in total. The minimum Gasteiger partial charge on any atom is -0.496 e. The SMILES string of the molecule is CCOC(=O)C1=C(C)N=c2s/c(=C/c3cc(OC)c(OC)c(OC)c3)c(=O)n2[C@H]1c1ccc(OC)c(Br)c1. The van der Waals surface area contributed by atoms with Crippen molar-refractivity contribution in [1.82, 2.24) is 4.57 Å². The smallest absolute Gasteiger partial charge is 0.338 e. The zero-order valence-corrected chi connectivity index (χ0v) is 24.2. The third-order valence-electron chi connectivity index (χ3n) is 5.99. The summed E-state index contributed by atoms with van der Waals surface area (Å²) >= 11 is 4.75. The molecule has 1 atom stereocenters. The molecular weight excluding hydrogens is 576 g/mol. The second-order valence-corrected chi connectivity index (χ2v) is 10.0. The average molecular weight is 603 g/mol. The van der Waals surface area contributed by atoms with E-state index in [2.05, 4.69) is 20.9 Å². The van der Waals surface area contributed by atoms with Gasteiger partial charge in [-0.3, -0.25) is 9.36 Å². The van der Waals surface area contributed by atoms with E-state index in [1.165, 1.54) is 37.2 Å². The first-order valence-electron chi connectivity index (χ1n) is 11.6. The Kier molecular flexibility index (Phi) is 8.27. The van der Waals surface area contributed by atoms with Crippen LogP contribution in [0.4, 0.5) is 0 Å². The van der Waals surface area contributed by atoms with Crippen molar-refractivity contribution in [2.24, 2.45) is 4.99 Å². The standard InChI is InChI=1S/C27H27BrN2O7S/c1-7-37-26(32)22-14(2)29-27-30(23(22)16-8-9-18(33-3)17(28)13-16)25(31)21(38-27)12-15-10-19(34-4)24(36-6)20(11-15)35-5/h8-13,23H,7H2,1-6H3/b21-12+/t23-/m0/s1. The molecular formula is C27H27BrN2O7S. The topological polar surface area (TPSA) is 97.6 Å². The zero-order valence-electron chi connectivity index (χ0n) is 21.8. The zero-order chi connectivity index (χ0) is 27.6. The molecule has 0 fully saturated rings. The molecule has 38 heavy (non-hydrogen) atoms. The largest absolute Gasteiger partial charge is 0.496 e. The summed E-state index contributed by atoms with van der Waals surface area (Å²) < 4.78 is 29.7. The Morgan fingerprint density at radius 3 is 2.26 bits per heavy atom. The van der Waals surface area contributed by atoms with E-state index in [4.69, 9.17) is 23.7 Å². The van der Waals surface area contributed by atoms with Gasteiger partial charge in [0.15, 0.2) is 16.3 Å². The number of carbonyl (C=O) groups excluding carboxylic acids is 1. The molecule has 1 aromatic heterocycles. The van der Waals surface area contributed by atoms with Crippen LogP contribution in [0.2, 0.25) is 0 Å². The van der Waals surface area contributed by atoms with E-state index in [1.807, 2.05) is 12.1 Å². The first-order chi connectivity index (χ1) is 18.3. The lowest BCUT2D eigenvalue weighted by atomic mass is 9.96. The van der Waals surface area contributed by atoms with Crippen LogP contribution in [-0.2, 0) is 9.53 Å². The van der Waals surface area contributed by atoms with E-state index in [9.17, 15) is 9.59 Å². The van der Waals surface area contributed by atoms with E-state index >= 15 is 0 Å². The molecule has 1 aliphatic rings.